The molecule has 13 heteroatoms. The molecule has 6 N–H and O–H groups in total. The molecule has 37 heavy (non-hydrogen) atoms. The first-order valence-corrected chi connectivity index (χ1v) is 14.8. The minimum Gasteiger partial charge on any atom is -0.508 e. The molecule has 196 valence electrons. The molecule has 0 amide bonds. The van der Waals surface area contributed by atoms with Gasteiger partial charge in [-0.05, 0) is 151 Å². The lowest BCUT2D eigenvalue weighted by Gasteiger charge is -2.21. The maximum absolute atomic E-state index is 11.9. The Morgan fingerprint density at radius 2 is 1.19 bits per heavy atom. The summed E-state index contributed by atoms with van der Waals surface area (Å²) in [4.78, 5) is 23.6. The summed E-state index contributed by atoms with van der Waals surface area (Å²) in [6.45, 7) is 0. The summed E-state index contributed by atoms with van der Waals surface area (Å²) in [5.74, 6) is -0.838. The van der Waals surface area contributed by atoms with Crippen LogP contribution < -0.4 is 15.6 Å². The van der Waals surface area contributed by atoms with Crippen molar-refractivity contribution in [2.24, 2.45) is 0 Å². The zero-order chi connectivity index (χ0) is 27.3. The molecule has 0 heterocycles. The maximum Gasteiger partial charge on any atom is 0.322 e. The lowest BCUT2D eigenvalue weighted by atomic mass is 10.1. The summed E-state index contributed by atoms with van der Waals surface area (Å²) >= 11 is 8.30. The number of carboxylic acid groups (broad SMARTS) is 2. The number of phenolic OH excluding ortho intramolecular Hbond substituents is 2. The lowest BCUT2D eigenvalue weighted by molar-refractivity contribution is -0.143. The molecule has 3 aromatic carbocycles. The zero-order valence-corrected chi connectivity index (χ0v) is 27.3. The van der Waals surface area contributed by atoms with Crippen LogP contribution in [0.5, 0.6) is 23.0 Å². The van der Waals surface area contributed by atoms with Gasteiger partial charge in [0.05, 0.1) is 14.3 Å². The van der Waals surface area contributed by atoms with E-state index in [1.807, 2.05) is 57.3 Å². The van der Waals surface area contributed by atoms with Gasteiger partial charge >= 0.3 is 11.9 Å². The SMILES string of the molecule is O=C(O)[C@H](Cc1ccc(O)cc1)NN[C@@H](Cc1cc(I)c(Oc2cc(I)c(O)c(I)c2)c(I)c1)C(=O)O. The first-order valence-electron chi connectivity index (χ1n) is 10.5. The van der Waals surface area contributed by atoms with Crippen molar-refractivity contribution in [3.63, 3.8) is 0 Å². The van der Waals surface area contributed by atoms with Gasteiger partial charge in [0.15, 0.2) is 5.75 Å². The first kappa shape index (κ1) is 30.4. The van der Waals surface area contributed by atoms with Crippen molar-refractivity contribution < 1.29 is 34.8 Å². The predicted molar refractivity (Wildman–Crippen MR) is 170 cm³/mol. The monoisotopic (exact) mass is 956 g/mol. The van der Waals surface area contributed by atoms with Gasteiger partial charge in [-0.1, -0.05) is 12.1 Å². The van der Waals surface area contributed by atoms with E-state index in [4.69, 9.17) is 4.74 Å². The molecule has 0 aliphatic carbocycles. The Bertz CT molecular complexity index is 1260. The fraction of sp³-hybridized carbons (Fsp3) is 0.167. The summed E-state index contributed by atoms with van der Waals surface area (Å²) in [5, 5.41) is 38.7. The summed E-state index contributed by atoms with van der Waals surface area (Å²) in [5.41, 5.74) is 6.68. The molecule has 0 aromatic heterocycles. The molecule has 0 aliphatic rings. The highest BCUT2D eigenvalue weighted by molar-refractivity contribution is 14.1. The van der Waals surface area contributed by atoms with Gasteiger partial charge in [-0.25, -0.2) is 10.9 Å². The molecule has 2 atom stereocenters. The van der Waals surface area contributed by atoms with Crippen LogP contribution in [-0.4, -0.2) is 44.4 Å². The van der Waals surface area contributed by atoms with Crippen LogP contribution in [0.4, 0.5) is 0 Å². The highest BCUT2D eigenvalue weighted by Crippen LogP contribution is 2.37. The molecular formula is C24H20I4N2O7. The van der Waals surface area contributed by atoms with Gasteiger partial charge < -0.3 is 25.2 Å². The zero-order valence-electron chi connectivity index (χ0n) is 18.7. The topological polar surface area (TPSA) is 148 Å². The lowest BCUT2D eigenvalue weighted by Crippen LogP contribution is -2.54. The average Bonchev–Trinajstić information content (AvgIpc) is 2.82. The number of carboxylic acids is 2. The predicted octanol–water partition coefficient (Wildman–Crippen LogP) is 5.09. The van der Waals surface area contributed by atoms with Gasteiger partial charge in [0, 0.05) is 0 Å². The largest absolute Gasteiger partial charge is 0.508 e. The summed E-state index contributed by atoms with van der Waals surface area (Å²) in [7, 11) is 0. The molecular weight excluding hydrogens is 936 g/mol. The number of rotatable bonds is 11. The molecule has 0 saturated heterocycles. The van der Waals surface area contributed by atoms with Crippen LogP contribution in [0, 0.1) is 14.3 Å². The Kier molecular flexibility index (Phi) is 11.3. The molecule has 0 saturated carbocycles. The van der Waals surface area contributed by atoms with Crippen molar-refractivity contribution in [3.8, 4) is 23.0 Å². The van der Waals surface area contributed by atoms with E-state index < -0.39 is 24.0 Å². The molecule has 9 nitrogen and oxygen atoms in total. The standard InChI is InChI=1S/C24H20I4N2O7/c25-15-9-14(10-16(26)21(15)32)37-22-17(27)5-12(6-18(22)28)8-20(24(35)36)30-29-19(23(33)34)7-11-1-3-13(31)4-2-11/h1-6,9-10,19-20,29-32H,7-8H2,(H,33,34)(H,35,36)/t19-,20-/m0/s1. The van der Waals surface area contributed by atoms with Crippen LogP contribution in [-0.2, 0) is 22.4 Å². The van der Waals surface area contributed by atoms with Gasteiger partial charge in [-0.2, -0.15) is 0 Å². The minimum absolute atomic E-state index is 0.0703. The van der Waals surface area contributed by atoms with E-state index in [0.29, 0.717) is 24.2 Å². The Morgan fingerprint density at radius 3 is 1.65 bits per heavy atom. The van der Waals surface area contributed by atoms with Gasteiger partial charge in [0.2, 0.25) is 0 Å². The summed E-state index contributed by atoms with van der Waals surface area (Å²) < 4.78 is 8.93. The van der Waals surface area contributed by atoms with Crippen LogP contribution in [0.15, 0.2) is 48.5 Å². The van der Waals surface area contributed by atoms with Crippen LogP contribution >= 0.6 is 90.4 Å². The number of halogens is 4. The number of benzene rings is 3. The number of aliphatic carboxylic acids is 2. The third-order valence-electron chi connectivity index (χ3n) is 5.11. The van der Waals surface area contributed by atoms with E-state index in [-0.39, 0.29) is 24.3 Å². The van der Waals surface area contributed by atoms with Gasteiger partial charge in [-0.3, -0.25) is 9.59 Å². The number of phenols is 2. The van der Waals surface area contributed by atoms with E-state index in [1.165, 1.54) is 12.1 Å². The van der Waals surface area contributed by atoms with E-state index in [0.717, 1.165) is 12.7 Å². The molecule has 0 fully saturated rings. The number of aromatic hydroxyl groups is 2. The van der Waals surface area contributed by atoms with Crippen LogP contribution in [0.25, 0.3) is 0 Å². The van der Waals surface area contributed by atoms with Crippen molar-refractivity contribution in [3.05, 3.63) is 73.9 Å². The van der Waals surface area contributed by atoms with Crippen molar-refractivity contribution in [2.45, 2.75) is 24.9 Å². The Hall–Kier alpha value is -1.16. The molecule has 0 spiro atoms. The van der Waals surface area contributed by atoms with Gasteiger partial charge in [0.25, 0.3) is 0 Å². The fourth-order valence-electron chi connectivity index (χ4n) is 3.25. The van der Waals surface area contributed by atoms with Gasteiger partial charge in [-0.15, -0.1) is 0 Å². The highest BCUT2D eigenvalue weighted by atomic mass is 127. The van der Waals surface area contributed by atoms with Crippen molar-refractivity contribution >= 4 is 102 Å². The third kappa shape index (κ3) is 8.67. The Labute approximate surface area is 266 Å². The number of hydrazine groups is 1. The second-order valence-corrected chi connectivity index (χ2v) is 12.5. The molecule has 3 aromatic rings. The molecule has 0 bridgehead atoms. The second kappa shape index (κ2) is 13.8. The fourth-order valence-corrected chi connectivity index (χ4v) is 7.08. The number of hydrogen-bond donors (Lipinski definition) is 6. The summed E-state index contributed by atoms with van der Waals surface area (Å²) in [6, 6.07) is 11.0. The quantitative estimate of drug-likeness (QED) is 0.114. The van der Waals surface area contributed by atoms with E-state index in [1.54, 1.807) is 24.3 Å². The van der Waals surface area contributed by atoms with Crippen molar-refractivity contribution in [1.29, 1.82) is 0 Å². The smallest absolute Gasteiger partial charge is 0.322 e. The third-order valence-corrected chi connectivity index (χ3v) is 8.36. The molecule has 3 rings (SSSR count). The molecule has 0 aliphatic heterocycles. The number of hydrogen-bond acceptors (Lipinski definition) is 7. The first-order chi connectivity index (χ1) is 17.4. The van der Waals surface area contributed by atoms with E-state index in [2.05, 4.69) is 56.0 Å². The number of carbonyl (C=O) groups is 2. The highest BCUT2D eigenvalue weighted by Gasteiger charge is 2.24. The molecule has 0 radical (unpaired) electrons. The van der Waals surface area contributed by atoms with Crippen molar-refractivity contribution in [1.82, 2.24) is 10.9 Å². The normalized spacial score (nSPS) is 12.6. The average molecular weight is 956 g/mol. The second-order valence-electron chi connectivity index (χ2n) is 7.87. The van der Waals surface area contributed by atoms with E-state index >= 15 is 0 Å². The number of nitrogens with one attached hydrogen (secondary N) is 2. The minimum atomic E-state index is -1.14. The Morgan fingerprint density at radius 1 is 0.730 bits per heavy atom. The van der Waals surface area contributed by atoms with E-state index in [9.17, 15) is 30.0 Å². The molecule has 0 unspecified atom stereocenters. The van der Waals surface area contributed by atoms with Crippen molar-refractivity contribution in [2.75, 3.05) is 0 Å². The maximum atomic E-state index is 11.9. The van der Waals surface area contributed by atoms with Crippen LogP contribution in [0.2, 0.25) is 0 Å². The van der Waals surface area contributed by atoms with Gasteiger partial charge in [0.1, 0.15) is 29.3 Å². The summed E-state index contributed by atoms with van der Waals surface area (Å²) in [6.07, 6.45) is 0.182. The van der Waals surface area contributed by atoms with Crippen LogP contribution in [0.1, 0.15) is 11.1 Å². The number of ether oxygens (including phenoxy) is 1. The van der Waals surface area contributed by atoms with Crippen LogP contribution in [0.3, 0.4) is 0 Å². The Balaban J connectivity index is 1.72.